The molecule has 0 rings (SSSR count). The van der Waals surface area contributed by atoms with E-state index in [0.717, 1.165) is 0 Å². The van der Waals surface area contributed by atoms with Crippen molar-refractivity contribution in [3.8, 4) is 0 Å². The first-order chi connectivity index (χ1) is 17.6. The van der Waals surface area contributed by atoms with Crippen molar-refractivity contribution in [2.24, 2.45) is 0 Å². The fourth-order valence-electron chi connectivity index (χ4n) is 2.32. The van der Waals surface area contributed by atoms with Gasteiger partial charge >= 0.3 is 47.6 Å². The van der Waals surface area contributed by atoms with E-state index in [1.165, 1.54) is 0 Å². The van der Waals surface area contributed by atoms with Crippen LogP contribution in [0.4, 0.5) is 110 Å². The minimum absolute atomic E-state index is 2.19. The molecule has 246 valence electrons. The van der Waals surface area contributed by atoms with E-state index in [9.17, 15) is 110 Å². The van der Waals surface area contributed by atoms with E-state index in [1.807, 2.05) is 0 Å². The lowest BCUT2D eigenvalue weighted by molar-refractivity contribution is -0.460. The highest BCUT2D eigenvalue weighted by atomic mass is 19.4. The van der Waals surface area contributed by atoms with Crippen LogP contribution in [0.2, 0.25) is 0 Å². The van der Waals surface area contributed by atoms with E-state index in [0.29, 0.717) is 0 Å². The minimum Gasteiger partial charge on any atom is -0.241 e. The first-order valence-electron chi connectivity index (χ1n) is 9.22. The van der Waals surface area contributed by atoms with E-state index < -0.39 is 96.8 Å². The third-order valence-electron chi connectivity index (χ3n) is 4.79. The van der Waals surface area contributed by atoms with Crippen LogP contribution in [0.3, 0.4) is 0 Å². The summed E-state index contributed by atoms with van der Waals surface area (Å²) < 4.78 is 325. The average Bonchev–Trinajstić information content (AvgIpc) is 2.80. The molecule has 0 aliphatic heterocycles. The second-order valence-electron chi connectivity index (χ2n) is 7.59. The maximum atomic E-state index is 13.6. The van der Waals surface area contributed by atoms with Gasteiger partial charge in [0.1, 0.15) is 0 Å². The molecule has 0 nitrogen and oxygen atoms in total. The zero-order chi connectivity index (χ0) is 33.7. The lowest BCUT2D eigenvalue weighted by atomic mass is 9.88. The average molecular weight is 674 g/mol. The SMILES string of the molecule is FC(=CC(F)C(F)C(F)C(F)C(F)C(F)F)C(F)(F)C(F)(F)C(F)(F)C(F)(F)C(F)(F)C(F)(F)C(F)(F)C(F)(F)F. The molecule has 5 atom stereocenters. The molecule has 0 saturated heterocycles. The molecule has 0 heterocycles. The smallest absolute Gasteiger partial charge is 0.241 e. The fraction of sp³-hybridized carbons (Fsp3) is 0.875. The summed E-state index contributed by atoms with van der Waals surface area (Å²) in [6.07, 6.45) is -37.5. The molecular weight excluding hydrogens is 667 g/mol. The van der Waals surface area contributed by atoms with Crippen molar-refractivity contribution >= 4 is 0 Å². The van der Waals surface area contributed by atoms with Crippen LogP contribution in [-0.2, 0) is 0 Å². The third-order valence-corrected chi connectivity index (χ3v) is 4.79. The van der Waals surface area contributed by atoms with Gasteiger partial charge in [-0.3, -0.25) is 0 Å². The van der Waals surface area contributed by atoms with Gasteiger partial charge in [-0.15, -0.1) is 0 Å². The Morgan fingerprint density at radius 1 is 0.390 bits per heavy atom. The van der Waals surface area contributed by atoms with Crippen molar-refractivity contribution < 1.29 is 110 Å². The van der Waals surface area contributed by atoms with Crippen molar-refractivity contribution in [2.45, 2.75) is 84.9 Å². The molecule has 0 aromatic rings. The number of alkyl halides is 24. The first kappa shape index (κ1) is 39.0. The standard InChI is InChI=1S/C16H7F25/c17-2(4(19)5(20)6(21)7(22)8(23)24)1-3(18)9(25,26)10(27,28)11(29,30)12(31,32)13(33,34)14(35,36)15(37,38)16(39,40)41/h1-2,4-8H. The molecule has 0 aromatic carbocycles. The zero-order valence-electron chi connectivity index (χ0n) is 18.0. The summed E-state index contributed by atoms with van der Waals surface area (Å²) in [5.41, 5.74) is 0. The van der Waals surface area contributed by atoms with Gasteiger partial charge in [0.15, 0.2) is 36.7 Å². The lowest BCUT2D eigenvalue weighted by Crippen LogP contribution is -2.74. The van der Waals surface area contributed by atoms with Crippen LogP contribution < -0.4 is 0 Å². The molecule has 0 radical (unpaired) electrons. The summed E-state index contributed by atoms with van der Waals surface area (Å²) in [4.78, 5) is 0. The summed E-state index contributed by atoms with van der Waals surface area (Å²) >= 11 is 0. The van der Waals surface area contributed by atoms with Crippen LogP contribution >= 0.6 is 0 Å². The predicted molar refractivity (Wildman–Crippen MR) is 80.4 cm³/mol. The Kier molecular flexibility index (Phi) is 10.7. The van der Waals surface area contributed by atoms with Crippen LogP contribution in [0, 0.1) is 0 Å². The Hall–Kier alpha value is -2.01. The van der Waals surface area contributed by atoms with E-state index in [4.69, 9.17) is 0 Å². The monoisotopic (exact) mass is 674 g/mol. The van der Waals surface area contributed by atoms with Crippen LogP contribution in [0.5, 0.6) is 0 Å². The van der Waals surface area contributed by atoms with Crippen LogP contribution in [0.25, 0.3) is 0 Å². The molecule has 0 aliphatic rings. The molecule has 0 saturated carbocycles. The molecular formula is C16H7F25. The quantitative estimate of drug-likeness (QED) is 0.172. The van der Waals surface area contributed by atoms with E-state index in [-0.39, 0.29) is 0 Å². The van der Waals surface area contributed by atoms with Gasteiger partial charge in [-0.1, -0.05) is 0 Å². The van der Waals surface area contributed by atoms with Crippen molar-refractivity contribution in [1.82, 2.24) is 0 Å². The Bertz CT molecular complexity index is 913. The maximum Gasteiger partial charge on any atom is 0.460 e. The largest absolute Gasteiger partial charge is 0.460 e. The summed E-state index contributed by atoms with van der Waals surface area (Å²) in [6, 6.07) is 0. The second kappa shape index (κ2) is 11.2. The number of hydrogen-bond donors (Lipinski definition) is 0. The highest BCUT2D eigenvalue weighted by Crippen LogP contribution is 2.64. The predicted octanol–water partition coefficient (Wildman–Crippen LogP) is 8.80. The molecule has 0 aliphatic carbocycles. The van der Waals surface area contributed by atoms with Gasteiger partial charge in [-0.2, -0.15) is 74.6 Å². The highest BCUT2D eigenvalue weighted by Gasteiger charge is 2.95. The van der Waals surface area contributed by atoms with E-state index in [1.54, 1.807) is 0 Å². The van der Waals surface area contributed by atoms with Gasteiger partial charge in [0.2, 0.25) is 0 Å². The fourth-order valence-corrected chi connectivity index (χ4v) is 2.32. The first-order valence-corrected chi connectivity index (χ1v) is 9.22. The van der Waals surface area contributed by atoms with Crippen LogP contribution in [-0.4, -0.2) is 84.9 Å². The normalized spacial score (nSPS) is 19.7. The summed E-state index contributed by atoms with van der Waals surface area (Å²) in [7, 11) is 0. The van der Waals surface area contributed by atoms with Gasteiger partial charge < -0.3 is 0 Å². The Labute approximate surface area is 208 Å². The molecule has 5 unspecified atom stereocenters. The van der Waals surface area contributed by atoms with E-state index >= 15 is 0 Å². The molecule has 41 heavy (non-hydrogen) atoms. The molecule has 0 fully saturated rings. The minimum atomic E-state index is -9.12. The lowest BCUT2D eigenvalue weighted by Gasteiger charge is -2.42. The molecule has 25 heteroatoms. The number of allylic oxidation sites excluding steroid dienone is 2. The third kappa shape index (κ3) is 5.94. The Morgan fingerprint density at radius 3 is 1.00 bits per heavy atom. The summed E-state index contributed by atoms with van der Waals surface area (Å²) in [6.45, 7) is 0. The molecule has 0 amide bonds. The van der Waals surface area contributed by atoms with Crippen molar-refractivity contribution in [2.75, 3.05) is 0 Å². The topological polar surface area (TPSA) is 0 Å². The number of hydrogen-bond acceptors (Lipinski definition) is 0. The van der Waals surface area contributed by atoms with Crippen molar-refractivity contribution in [3.63, 3.8) is 0 Å². The summed E-state index contributed by atoms with van der Waals surface area (Å²) in [5, 5.41) is 0. The van der Waals surface area contributed by atoms with Gasteiger partial charge in [0.25, 0.3) is 6.43 Å². The van der Waals surface area contributed by atoms with Gasteiger partial charge in [-0.05, 0) is 6.08 Å². The van der Waals surface area contributed by atoms with Gasteiger partial charge in [-0.25, -0.2) is 35.1 Å². The molecule has 0 N–H and O–H groups in total. The van der Waals surface area contributed by atoms with E-state index in [2.05, 4.69) is 0 Å². The molecule has 0 bridgehead atoms. The van der Waals surface area contributed by atoms with Crippen molar-refractivity contribution in [3.05, 3.63) is 11.9 Å². The molecule has 0 spiro atoms. The number of rotatable bonds is 13. The molecule has 0 aromatic heterocycles. The van der Waals surface area contributed by atoms with Crippen LogP contribution in [0.15, 0.2) is 11.9 Å². The van der Waals surface area contributed by atoms with Crippen molar-refractivity contribution in [1.29, 1.82) is 0 Å². The Balaban J connectivity index is 6.67. The Morgan fingerprint density at radius 2 is 0.683 bits per heavy atom. The second-order valence-corrected chi connectivity index (χ2v) is 7.59. The maximum absolute atomic E-state index is 13.6. The van der Waals surface area contributed by atoms with Crippen LogP contribution in [0.1, 0.15) is 0 Å². The highest BCUT2D eigenvalue weighted by molar-refractivity contribution is 5.21. The van der Waals surface area contributed by atoms with Gasteiger partial charge in [0, 0.05) is 0 Å². The number of halogens is 25. The van der Waals surface area contributed by atoms with Gasteiger partial charge in [0.05, 0.1) is 0 Å². The zero-order valence-corrected chi connectivity index (χ0v) is 18.0. The summed E-state index contributed by atoms with van der Waals surface area (Å²) in [5.74, 6) is -66.0.